The van der Waals surface area contributed by atoms with Gasteiger partial charge in [-0.05, 0) is 49.7 Å². The third kappa shape index (κ3) is 3.88. The van der Waals surface area contributed by atoms with Crippen LogP contribution in [0.3, 0.4) is 0 Å². The summed E-state index contributed by atoms with van der Waals surface area (Å²) in [7, 11) is 1.61. The second-order valence-electron chi connectivity index (χ2n) is 6.33. The maximum absolute atomic E-state index is 12.8. The number of carbonyl (C=O) groups is 2. The highest BCUT2D eigenvalue weighted by molar-refractivity contribution is 6.12. The zero-order valence-corrected chi connectivity index (χ0v) is 15.1. The molecule has 0 fully saturated rings. The first kappa shape index (κ1) is 17.6. The van der Waals surface area contributed by atoms with E-state index in [0.717, 1.165) is 27.7 Å². The van der Waals surface area contributed by atoms with Crippen molar-refractivity contribution < 1.29 is 9.59 Å². The number of hydrogen-bond donors (Lipinski definition) is 2. The summed E-state index contributed by atoms with van der Waals surface area (Å²) in [5, 5.41) is 6.36. The van der Waals surface area contributed by atoms with Crippen LogP contribution in [0.1, 0.15) is 27.2 Å². The molecule has 0 saturated heterocycles. The first-order valence-electron chi connectivity index (χ1n) is 8.45. The summed E-state index contributed by atoms with van der Waals surface area (Å²) in [6, 6.07) is 15.0. The fourth-order valence-electron chi connectivity index (χ4n) is 2.84. The topological polar surface area (TPSA) is 71.1 Å². The van der Waals surface area contributed by atoms with Gasteiger partial charge in [0, 0.05) is 23.8 Å². The van der Waals surface area contributed by atoms with Crippen molar-refractivity contribution in [3.05, 3.63) is 70.9 Å². The van der Waals surface area contributed by atoms with Gasteiger partial charge >= 0.3 is 0 Å². The van der Waals surface area contributed by atoms with Crippen LogP contribution in [0.5, 0.6) is 0 Å². The molecule has 2 N–H and O–H groups in total. The molecule has 26 heavy (non-hydrogen) atoms. The molecule has 0 aliphatic heterocycles. The standard InChI is InChI=1S/C21H21N3O2/c1-13-4-9-19-17(10-13)18(11-14(2)23-19)21(26)24-16-7-5-15(6-8-16)12-20(25)22-3/h4-11H,12H2,1-3H3,(H,22,25)(H,24,26). The molecular weight excluding hydrogens is 326 g/mol. The lowest BCUT2D eigenvalue weighted by Crippen LogP contribution is -2.19. The number of nitrogens with zero attached hydrogens (tertiary/aromatic N) is 1. The van der Waals surface area contributed by atoms with Crippen molar-refractivity contribution in [1.29, 1.82) is 0 Å². The number of rotatable bonds is 4. The average molecular weight is 347 g/mol. The Kier molecular flexibility index (Phi) is 4.98. The molecule has 1 heterocycles. The minimum atomic E-state index is -0.176. The van der Waals surface area contributed by atoms with Gasteiger partial charge in [-0.1, -0.05) is 23.8 Å². The summed E-state index contributed by atoms with van der Waals surface area (Å²) in [5.41, 5.74) is 4.87. The van der Waals surface area contributed by atoms with Gasteiger partial charge < -0.3 is 10.6 Å². The summed E-state index contributed by atoms with van der Waals surface area (Å²) in [6.07, 6.45) is 0.318. The molecular formula is C21H21N3O2. The molecule has 132 valence electrons. The fraction of sp³-hybridized carbons (Fsp3) is 0.190. The van der Waals surface area contributed by atoms with E-state index in [1.807, 2.05) is 44.2 Å². The molecule has 0 bridgehead atoms. The number of anilines is 1. The summed E-state index contributed by atoms with van der Waals surface area (Å²) in [5.74, 6) is -0.221. The van der Waals surface area contributed by atoms with Crippen molar-refractivity contribution in [3.8, 4) is 0 Å². The zero-order valence-electron chi connectivity index (χ0n) is 15.1. The first-order chi connectivity index (χ1) is 12.5. The molecule has 0 radical (unpaired) electrons. The van der Waals surface area contributed by atoms with Gasteiger partial charge in [0.25, 0.3) is 5.91 Å². The Balaban J connectivity index is 1.85. The molecule has 2 aromatic carbocycles. The Morgan fingerprint density at radius 2 is 1.73 bits per heavy atom. The van der Waals surface area contributed by atoms with Crippen LogP contribution >= 0.6 is 0 Å². The minimum Gasteiger partial charge on any atom is -0.359 e. The van der Waals surface area contributed by atoms with E-state index in [0.29, 0.717) is 17.7 Å². The van der Waals surface area contributed by atoms with Gasteiger partial charge in [0.2, 0.25) is 5.91 Å². The first-order valence-corrected chi connectivity index (χ1v) is 8.45. The predicted octanol–water partition coefficient (Wildman–Crippen LogP) is 3.39. The van der Waals surface area contributed by atoms with Crippen molar-refractivity contribution in [1.82, 2.24) is 10.3 Å². The number of likely N-dealkylation sites (N-methyl/N-ethyl adjacent to an activating group) is 1. The highest BCUT2D eigenvalue weighted by Gasteiger charge is 2.13. The molecule has 0 unspecified atom stereocenters. The average Bonchev–Trinajstić information content (AvgIpc) is 2.62. The SMILES string of the molecule is CNC(=O)Cc1ccc(NC(=O)c2cc(C)nc3ccc(C)cc23)cc1. The molecule has 0 aliphatic rings. The Hall–Kier alpha value is -3.21. The number of carbonyl (C=O) groups excluding carboxylic acids is 2. The fourth-order valence-corrected chi connectivity index (χ4v) is 2.84. The van der Waals surface area contributed by atoms with Gasteiger partial charge in [-0.2, -0.15) is 0 Å². The van der Waals surface area contributed by atoms with Gasteiger partial charge in [0.1, 0.15) is 0 Å². The maximum atomic E-state index is 12.8. The van der Waals surface area contributed by atoms with Crippen LogP contribution in [0.25, 0.3) is 10.9 Å². The van der Waals surface area contributed by atoms with E-state index in [-0.39, 0.29) is 11.8 Å². The number of amides is 2. The van der Waals surface area contributed by atoms with E-state index in [9.17, 15) is 9.59 Å². The minimum absolute atomic E-state index is 0.0455. The summed E-state index contributed by atoms with van der Waals surface area (Å²) in [4.78, 5) is 28.7. The molecule has 0 spiro atoms. The number of benzene rings is 2. The molecule has 3 rings (SSSR count). The van der Waals surface area contributed by atoms with Crippen molar-refractivity contribution in [2.24, 2.45) is 0 Å². The number of aryl methyl sites for hydroxylation is 2. The van der Waals surface area contributed by atoms with E-state index in [2.05, 4.69) is 15.6 Å². The third-order valence-corrected chi connectivity index (χ3v) is 4.19. The van der Waals surface area contributed by atoms with Crippen LogP contribution in [0.2, 0.25) is 0 Å². The third-order valence-electron chi connectivity index (χ3n) is 4.19. The van der Waals surface area contributed by atoms with Crippen molar-refractivity contribution in [3.63, 3.8) is 0 Å². The number of hydrogen-bond acceptors (Lipinski definition) is 3. The quantitative estimate of drug-likeness (QED) is 0.760. The largest absolute Gasteiger partial charge is 0.359 e. The molecule has 2 amide bonds. The molecule has 1 aromatic heterocycles. The molecule has 0 atom stereocenters. The Labute approximate surface area is 152 Å². The van der Waals surface area contributed by atoms with E-state index < -0.39 is 0 Å². The van der Waals surface area contributed by atoms with Gasteiger partial charge in [0.15, 0.2) is 0 Å². The van der Waals surface area contributed by atoms with Gasteiger partial charge in [-0.25, -0.2) is 0 Å². The Morgan fingerprint density at radius 1 is 1.00 bits per heavy atom. The highest BCUT2D eigenvalue weighted by atomic mass is 16.2. The monoisotopic (exact) mass is 347 g/mol. The summed E-state index contributed by atoms with van der Waals surface area (Å²) >= 11 is 0. The number of pyridine rings is 1. The second-order valence-corrected chi connectivity index (χ2v) is 6.33. The number of aromatic nitrogens is 1. The Morgan fingerprint density at radius 3 is 2.42 bits per heavy atom. The van der Waals surface area contributed by atoms with Crippen LogP contribution in [-0.2, 0) is 11.2 Å². The van der Waals surface area contributed by atoms with Crippen LogP contribution in [0, 0.1) is 13.8 Å². The van der Waals surface area contributed by atoms with Gasteiger partial charge in [-0.3, -0.25) is 14.6 Å². The normalized spacial score (nSPS) is 10.6. The van der Waals surface area contributed by atoms with Crippen molar-refractivity contribution >= 4 is 28.4 Å². The molecule has 3 aromatic rings. The lowest BCUT2D eigenvalue weighted by atomic mass is 10.0. The maximum Gasteiger partial charge on any atom is 0.256 e. The van der Waals surface area contributed by atoms with Crippen LogP contribution in [0.15, 0.2) is 48.5 Å². The van der Waals surface area contributed by atoms with E-state index in [1.54, 1.807) is 25.2 Å². The highest BCUT2D eigenvalue weighted by Crippen LogP contribution is 2.21. The van der Waals surface area contributed by atoms with Crippen LogP contribution < -0.4 is 10.6 Å². The lowest BCUT2D eigenvalue weighted by Gasteiger charge is -2.10. The van der Waals surface area contributed by atoms with Crippen molar-refractivity contribution in [2.75, 3.05) is 12.4 Å². The number of nitrogens with one attached hydrogen (secondary N) is 2. The van der Waals surface area contributed by atoms with Crippen LogP contribution in [-0.4, -0.2) is 23.8 Å². The van der Waals surface area contributed by atoms with Gasteiger partial charge in [0.05, 0.1) is 17.5 Å². The second kappa shape index (κ2) is 7.35. The van der Waals surface area contributed by atoms with E-state index in [4.69, 9.17) is 0 Å². The molecule has 5 nitrogen and oxygen atoms in total. The molecule has 0 saturated carbocycles. The van der Waals surface area contributed by atoms with E-state index >= 15 is 0 Å². The molecule has 0 aliphatic carbocycles. The van der Waals surface area contributed by atoms with E-state index in [1.165, 1.54) is 0 Å². The Bertz CT molecular complexity index is 978. The molecule has 5 heteroatoms. The van der Waals surface area contributed by atoms with Crippen molar-refractivity contribution in [2.45, 2.75) is 20.3 Å². The predicted molar refractivity (Wildman–Crippen MR) is 103 cm³/mol. The summed E-state index contributed by atoms with van der Waals surface area (Å²) in [6.45, 7) is 3.87. The van der Waals surface area contributed by atoms with Gasteiger partial charge in [-0.15, -0.1) is 0 Å². The summed E-state index contributed by atoms with van der Waals surface area (Å²) < 4.78 is 0. The lowest BCUT2D eigenvalue weighted by molar-refractivity contribution is -0.119. The zero-order chi connectivity index (χ0) is 18.7. The van der Waals surface area contributed by atoms with Crippen LogP contribution in [0.4, 0.5) is 5.69 Å². The smallest absolute Gasteiger partial charge is 0.256 e. The number of fused-ring (bicyclic) bond motifs is 1.